The van der Waals surface area contributed by atoms with Crippen molar-refractivity contribution in [1.29, 1.82) is 0 Å². The maximum atomic E-state index is 6.32. The molecule has 9 heterocycles. The molecule has 0 bridgehead atoms. The van der Waals surface area contributed by atoms with Crippen molar-refractivity contribution in [3.8, 4) is 147 Å². The van der Waals surface area contributed by atoms with Crippen molar-refractivity contribution in [2.45, 2.75) is 77.0 Å². The highest BCUT2D eigenvalue weighted by molar-refractivity contribution is 6.11. The topological polar surface area (TPSA) is 194 Å². The molecule has 9 aromatic heterocycles. The highest BCUT2D eigenvalue weighted by atomic mass is 16.3. The first-order valence-corrected chi connectivity index (χ1v) is 44.0. The Balaban J connectivity index is 0.000000111. The fraction of sp³-hybridized carbons (Fsp3) is 0.105. The minimum atomic E-state index is -0.326. The van der Waals surface area contributed by atoms with Gasteiger partial charge in [-0.15, -0.1) is 0 Å². The van der Waals surface area contributed by atoms with Gasteiger partial charge in [-0.05, 0) is 165 Å². The van der Waals surface area contributed by atoms with E-state index in [-0.39, 0.29) is 16.2 Å². The molecule has 0 saturated heterocycles. The predicted octanol–water partition coefficient (Wildman–Crippen LogP) is 28.3. The van der Waals surface area contributed by atoms with Gasteiger partial charge in [0.25, 0.3) is 0 Å². The van der Waals surface area contributed by atoms with Crippen LogP contribution in [-0.4, -0.2) is 59.8 Å². The lowest BCUT2D eigenvalue weighted by Crippen LogP contribution is -2.23. The highest BCUT2D eigenvalue weighted by Gasteiger charge is 2.45. The summed E-state index contributed by atoms with van der Waals surface area (Å²) in [5.74, 6) is 5.72. The van der Waals surface area contributed by atoms with Crippen LogP contribution in [0, 0.1) is 0 Å². The normalized spacial score (nSPS) is 14.1. The van der Waals surface area contributed by atoms with Crippen LogP contribution in [0.4, 0.5) is 0 Å². The van der Waals surface area contributed by atoms with Crippen molar-refractivity contribution < 1.29 is 13.3 Å². The molecular weight excluding hydrogens is 1590 g/mol. The van der Waals surface area contributed by atoms with Crippen LogP contribution in [0.1, 0.15) is 94.2 Å². The zero-order valence-corrected chi connectivity index (χ0v) is 71.7. The highest BCUT2D eigenvalue weighted by Crippen LogP contribution is 2.59. The van der Waals surface area contributed by atoms with Crippen LogP contribution in [0.3, 0.4) is 0 Å². The van der Waals surface area contributed by atoms with E-state index in [1.165, 1.54) is 50.1 Å². The van der Waals surface area contributed by atoms with Gasteiger partial charge in [0, 0.05) is 117 Å². The average Bonchev–Trinajstić information content (AvgIpc) is 1.51. The van der Waals surface area contributed by atoms with Gasteiger partial charge in [0.2, 0.25) is 5.71 Å². The number of fused-ring (bicyclic) bond motifs is 18. The summed E-state index contributed by atoms with van der Waals surface area (Å²) in [6.45, 7) is 13.7. The van der Waals surface area contributed by atoms with Crippen molar-refractivity contribution >= 4 is 65.9 Å². The second-order valence-electron chi connectivity index (χ2n) is 34.0. The quantitative estimate of drug-likeness (QED) is 0.106. The molecule has 0 saturated carbocycles. The molecule has 1 unspecified atom stereocenters. The standard InChI is InChI=1S/C42H30N4O.C37H28N4O.C35H24N4O/c1-3-42(2)34-24-33-30-19-10-11-20-35(30)47-36(33)25-32(34)31-21-22-43-38(37(31)42)28-17-12-18-29(23-28)41-45-39(26-13-6-4-7-14-26)44-40(46-41)27-15-8-5-9-16-27;1-3-37(4-2)29-19-11-17-26(32(29)28-22-31-27(21-30(28)37)25-18-12-20-38-36(25)42-31)35-40-33(23-13-7-5-8-14-23)39-34(41-35)24-15-9-6-10-16-24;1-35(2)27-19-26-23-15-9-10-16-28(23)40-29(26)20-25(27)24-17-18-36-31(30(24)35)34-38-32(21-11-5-3-6-12-21)37-33(39-34)22-13-7-4-8-14-22/h4-25H,3H2,1-2H3;5-22H,3-4H2,1-2H3;3-20H,1-2H3. The Morgan fingerprint density at radius 2 is 0.620 bits per heavy atom. The molecule has 15 nitrogen and oxygen atoms in total. The smallest absolute Gasteiger partial charge is 0.227 e. The second kappa shape index (κ2) is 31.1. The third-order valence-electron chi connectivity index (χ3n) is 26.6. The Labute approximate surface area is 744 Å². The van der Waals surface area contributed by atoms with Gasteiger partial charge in [-0.3, -0.25) is 9.97 Å². The van der Waals surface area contributed by atoms with Crippen LogP contribution in [0.15, 0.2) is 365 Å². The molecule has 0 fully saturated rings. The van der Waals surface area contributed by atoms with Gasteiger partial charge in [-0.1, -0.05) is 296 Å². The molecule has 22 aromatic rings. The summed E-state index contributed by atoms with van der Waals surface area (Å²) in [6.07, 6.45) is 8.46. The average molecular weight is 1670 g/mol. The van der Waals surface area contributed by atoms with E-state index in [9.17, 15) is 0 Å². The molecule has 0 aliphatic heterocycles. The van der Waals surface area contributed by atoms with E-state index in [1.54, 1.807) is 6.20 Å². The fourth-order valence-corrected chi connectivity index (χ4v) is 20.0. The van der Waals surface area contributed by atoms with Crippen molar-refractivity contribution in [3.63, 3.8) is 0 Å². The first kappa shape index (κ1) is 77.5. The first-order valence-electron chi connectivity index (χ1n) is 44.0. The molecule has 0 N–H and O–H groups in total. The summed E-state index contributed by atoms with van der Waals surface area (Å²) >= 11 is 0. The number of furan rings is 3. The van der Waals surface area contributed by atoms with Gasteiger partial charge in [0.05, 0.1) is 5.69 Å². The zero-order chi connectivity index (χ0) is 86.6. The minimum Gasteiger partial charge on any atom is -0.456 e. The van der Waals surface area contributed by atoms with Gasteiger partial charge in [-0.25, -0.2) is 49.8 Å². The van der Waals surface area contributed by atoms with Crippen molar-refractivity contribution in [2.24, 2.45) is 0 Å². The van der Waals surface area contributed by atoms with E-state index in [4.69, 9.17) is 68.1 Å². The van der Waals surface area contributed by atoms with Crippen LogP contribution >= 0.6 is 0 Å². The second-order valence-corrected chi connectivity index (χ2v) is 34.0. The molecule has 3 aliphatic carbocycles. The van der Waals surface area contributed by atoms with Gasteiger partial charge in [0.1, 0.15) is 33.6 Å². The minimum absolute atomic E-state index is 0.127. The van der Waals surface area contributed by atoms with Crippen LogP contribution in [0.25, 0.3) is 213 Å². The van der Waals surface area contributed by atoms with E-state index in [0.29, 0.717) is 58.1 Å². The lowest BCUT2D eigenvalue weighted by atomic mass is 9.73. The summed E-state index contributed by atoms with van der Waals surface area (Å²) in [7, 11) is 0. The number of para-hydroxylation sites is 2. The Kier molecular flexibility index (Phi) is 18.7. The van der Waals surface area contributed by atoms with Crippen LogP contribution < -0.4 is 0 Å². The van der Waals surface area contributed by atoms with E-state index in [2.05, 4.69) is 168 Å². The number of pyridine rings is 3. The lowest BCUT2D eigenvalue weighted by molar-refractivity contribution is 0.491. The Morgan fingerprint density at radius 1 is 0.233 bits per heavy atom. The number of hydrogen-bond acceptors (Lipinski definition) is 15. The molecule has 129 heavy (non-hydrogen) atoms. The lowest BCUT2D eigenvalue weighted by Gasteiger charge is -2.29. The van der Waals surface area contributed by atoms with Gasteiger partial charge in [-0.2, -0.15) is 0 Å². The Hall–Kier alpha value is -16.3. The Bertz CT molecular complexity index is 8010. The molecule has 616 valence electrons. The number of hydrogen-bond donors (Lipinski definition) is 0. The van der Waals surface area contributed by atoms with Gasteiger partial charge >= 0.3 is 0 Å². The SMILES string of the molecule is CC1(C)c2cc3c(cc2-c2ccnc(-c4nc(-c5ccccc5)nc(-c5ccccc5)n4)c21)oc1ccccc13.CCC1(C)c2cc3c(cc2-c2ccnc(-c4cccc(-c5nc(-c6ccccc6)nc(-c6ccccc6)n5)c4)c21)oc1ccccc13.CCC1(CC)c2cc3c(cc2-c2c(-c4nc(-c5ccccc5)nc(-c5ccccc5)n4)cccc21)oc1ncccc13. The summed E-state index contributed by atoms with van der Waals surface area (Å²) in [4.78, 5) is 59.2. The van der Waals surface area contributed by atoms with Crippen LogP contribution in [0.5, 0.6) is 0 Å². The first-order chi connectivity index (χ1) is 63.4. The number of aromatic nitrogens is 12. The molecule has 0 radical (unpaired) electrons. The van der Waals surface area contributed by atoms with Gasteiger partial charge < -0.3 is 13.3 Å². The molecule has 1 atom stereocenters. The Morgan fingerprint density at radius 3 is 1.12 bits per heavy atom. The van der Waals surface area contributed by atoms with E-state index in [0.717, 1.165) is 158 Å². The van der Waals surface area contributed by atoms with Crippen molar-refractivity contribution in [3.05, 3.63) is 386 Å². The number of rotatable bonds is 13. The maximum Gasteiger partial charge on any atom is 0.227 e. The van der Waals surface area contributed by atoms with Crippen LogP contribution in [-0.2, 0) is 16.2 Å². The van der Waals surface area contributed by atoms with Crippen molar-refractivity contribution in [2.75, 3.05) is 0 Å². The van der Waals surface area contributed by atoms with E-state index < -0.39 is 0 Å². The van der Waals surface area contributed by atoms with Crippen LogP contribution in [0.2, 0.25) is 0 Å². The summed E-state index contributed by atoms with van der Waals surface area (Å²) in [5.41, 5.74) is 29.5. The molecular formula is C114H82N12O3. The summed E-state index contributed by atoms with van der Waals surface area (Å²) in [5, 5.41) is 6.71. The fourth-order valence-electron chi connectivity index (χ4n) is 20.0. The third-order valence-corrected chi connectivity index (χ3v) is 26.6. The molecule has 3 aliphatic rings. The van der Waals surface area contributed by atoms with E-state index >= 15 is 0 Å². The molecule has 0 amide bonds. The van der Waals surface area contributed by atoms with Crippen molar-refractivity contribution in [1.82, 2.24) is 59.8 Å². The van der Waals surface area contributed by atoms with Gasteiger partial charge in [0.15, 0.2) is 52.4 Å². The molecule has 13 aromatic carbocycles. The molecule has 0 spiro atoms. The summed E-state index contributed by atoms with van der Waals surface area (Å²) < 4.78 is 18.9. The summed E-state index contributed by atoms with van der Waals surface area (Å²) in [6, 6.07) is 114. The number of benzene rings is 13. The maximum absolute atomic E-state index is 6.32. The largest absolute Gasteiger partial charge is 0.456 e. The monoisotopic (exact) mass is 1670 g/mol. The third kappa shape index (κ3) is 13.0. The molecule has 25 rings (SSSR count). The van der Waals surface area contributed by atoms with E-state index in [1.807, 2.05) is 225 Å². The number of nitrogens with zero attached hydrogens (tertiary/aromatic N) is 12. The zero-order valence-electron chi connectivity index (χ0n) is 71.7. The molecule has 15 heteroatoms. The predicted molar refractivity (Wildman–Crippen MR) is 516 cm³/mol.